The molecule has 1 amide bonds. The van der Waals surface area contributed by atoms with Crippen molar-refractivity contribution in [1.82, 2.24) is 4.90 Å². The van der Waals surface area contributed by atoms with Gasteiger partial charge in [-0.2, -0.15) is 0 Å². The molecule has 21 heavy (non-hydrogen) atoms. The van der Waals surface area contributed by atoms with Gasteiger partial charge in [-0.25, -0.2) is 8.42 Å². The summed E-state index contributed by atoms with van der Waals surface area (Å²) in [5.74, 6) is -0.828. The topological polar surface area (TPSA) is 80.5 Å². The highest BCUT2D eigenvalue weighted by molar-refractivity contribution is 7.92. The van der Waals surface area contributed by atoms with Gasteiger partial charge in [0.2, 0.25) is 5.91 Å². The Hall–Kier alpha value is -1.40. The number of benzene rings is 1. The van der Waals surface area contributed by atoms with E-state index < -0.39 is 21.7 Å². The maximum atomic E-state index is 12.6. The highest BCUT2D eigenvalue weighted by Gasteiger charge is 2.30. The average Bonchev–Trinajstić information content (AvgIpc) is 2.47. The number of nitrogens with zero attached hydrogens (tertiary/aromatic N) is 1. The van der Waals surface area contributed by atoms with Crippen molar-refractivity contribution in [2.45, 2.75) is 35.8 Å². The molecule has 0 saturated carbocycles. The van der Waals surface area contributed by atoms with Gasteiger partial charge in [0.1, 0.15) is 0 Å². The van der Waals surface area contributed by atoms with Gasteiger partial charge in [0.05, 0.1) is 16.1 Å². The van der Waals surface area contributed by atoms with E-state index in [1.165, 1.54) is 0 Å². The van der Waals surface area contributed by atoms with Crippen LogP contribution in [0.25, 0.3) is 0 Å². The van der Waals surface area contributed by atoms with Crippen LogP contribution in [0.2, 0.25) is 0 Å². The molecule has 1 aromatic carbocycles. The molecule has 0 spiro atoms. The Bertz CT molecular complexity index is 602. The number of carbonyl (C=O) groups is 1. The largest absolute Gasteiger partial charge is 0.369 e. The number of rotatable bonds is 4. The van der Waals surface area contributed by atoms with Crippen LogP contribution in [-0.4, -0.2) is 44.6 Å². The van der Waals surface area contributed by atoms with E-state index in [4.69, 9.17) is 5.73 Å². The zero-order valence-corrected chi connectivity index (χ0v) is 13.3. The lowest BCUT2D eigenvalue weighted by molar-refractivity contribution is -0.119. The van der Waals surface area contributed by atoms with Gasteiger partial charge >= 0.3 is 0 Å². The third kappa shape index (κ3) is 3.44. The molecule has 116 valence electrons. The minimum Gasteiger partial charge on any atom is -0.369 e. The Morgan fingerprint density at radius 3 is 2.24 bits per heavy atom. The first-order valence-corrected chi connectivity index (χ1v) is 8.68. The van der Waals surface area contributed by atoms with Crippen LogP contribution < -0.4 is 5.73 Å². The first kappa shape index (κ1) is 16.0. The second kappa shape index (κ2) is 6.15. The van der Waals surface area contributed by atoms with Crippen molar-refractivity contribution in [1.29, 1.82) is 0 Å². The summed E-state index contributed by atoms with van der Waals surface area (Å²) < 4.78 is 25.2. The van der Waals surface area contributed by atoms with Crippen LogP contribution in [0, 0.1) is 0 Å². The van der Waals surface area contributed by atoms with Crippen LogP contribution in [0.3, 0.4) is 0 Å². The van der Waals surface area contributed by atoms with Crippen molar-refractivity contribution in [3.8, 4) is 0 Å². The van der Waals surface area contributed by atoms with E-state index in [9.17, 15) is 13.2 Å². The molecule has 1 aliphatic rings. The minimum atomic E-state index is -3.29. The molecular weight excluding hydrogens is 288 g/mol. The second-order valence-electron chi connectivity index (χ2n) is 5.74. The summed E-state index contributed by atoms with van der Waals surface area (Å²) in [6, 6.07) is 6.53. The van der Waals surface area contributed by atoms with Gasteiger partial charge in [-0.3, -0.25) is 4.79 Å². The fourth-order valence-corrected chi connectivity index (χ4v) is 4.33. The molecule has 1 unspecified atom stereocenters. The Kier molecular flexibility index (Phi) is 4.68. The van der Waals surface area contributed by atoms with Gasteiger partial charge in [0.15, 0.2) is 9.84 Å². The monoisotopic (exact) mass is 310 g/mol. The molecule has 2 rings (SSSR count). The summed E-state index contributed by atoms with van der Waals surface area (Å²) in [4.78, 5) is 13.6. The van der Waals surface area contributed by atoms with Crippen LogP contribution in [0.4, 0.5) is 0 Å². The summed E-state index contributed by atoms with van der Waals surface area (Å²) in [6.07, 6.45) is 1.33. The average molecular weight is 310 g/mol. The Balaban J connectivity index is 2.19. The number of amides is 1. The maximum Gasteiger partial charge on any atom is 0.224 e. The predicted octanol–water partition coefficient (Wildman–Crippen LogP) is 1.14. The highest BCUT2D eigenvalue weighted by Crippen LogP contribution is 2.25. The molecule has 2 N–H and O–H groups in total. The number of hydrogen-bond donors (Lipinski definition) is 1. The van der Waals surface area contributed by atoms with Crippen molar-refractivity contribution in [2.24, 2.45) is 5.73 Å². The number of carbonyl (C=O) groups excluding carboxylic acids is 1. The fourth-order valence-electron chi connectivity index (χ4n) is 2.60. The zero-order chi connectivity index (χ0) is 15.6. The molecule has 1 aromatic rings. The van der Waals surface area contributed by atoms with Crippen LogP contribution >= 0.6 is 0 Å². The third-order valence-corrected chi connectivity index (χ3v) is 6.52. The van der Waals surface area contributed by atoms with Crippen molar-refractivity contribution in [2.75, 3.05) is 20.1 Å². The van der Waals surface area contributed by atoms with Crippen LogP contribution in [0.1, 0.15) is 31.2 Å². The van der Waals surface area contributed by atoms with Crippen LogP contribution in [0.5, 0.6) is 0 Å². The van der Waals surface area contributed by atoms with Crippen molar-refractivity contribution < 1.29 is 13.2 Å². The minimum absolute atomic E-state index is 0.312. The molecule has 0 aromatic heterocycles. The summed E-state index contributed by atoms with van der Waals surface area (Å²) in [7, 11) is -1.29. The van der Waals surface area contributed by atoms with Gasteiger partial charge in [-0.05, 0) is 57.6 Å². The number of primary amides is 1. The van der Waals surface area contributed by atoms with Crippen LogP contribution in [0.15, 0.2) is 29.2 Å². The Labute approximate surface area is 126 Å². The molecular formula is C15H22N2O3S. The lowest BCUT2D eigenvalue weighted by Crippen LogP contribution is -2.37. The van der Waals surface area contributed by atoms with Gasteiger partial charge in [0, 0.05) is 0 Å². The summed E-state index contributed by atoms with van der Waals surface area (Å²) in [5, 5.41) is -0.312. The number of nitrogens with two attached hydrogens (primary N) is 1. The van der Waals surface area contributed by atoms with Crippen molar-refractivity contribution in [3.63, 3.8) is 0 Å². The summed E-state index contributed by atoms with van der Waals surface area (Å²) in [5.41, 5.74) is 6.00. The number of piperidine rings is 1. The zero-order valence-electron chi connectivity index (χ0n) is 12.5. The summed E-state index contributed by atoms with van der Waals surface area (Å²) >= 11 is 0. The second-order valence-corrected chi connectivity index (χ2v) is 7.97. The SMILES string of the molecule is CC(C(N)=O)c1ccc(S(=O)(=O)C2CCN(C)CC2)cc1. The number of sulfone groups is 1. The third-order valence-electron chi connectivity index (χ3n) is 4.24. The van der Waals surface area contributed by atoms with E-state index in [0.717, 1.165) is 18.7 Å². The van der Waals surface area contributed by atoms with E-state index >= 15 is 0 Å². The van der Waals surface area contributed by atoms with Gasteiger partial charge in [-0.1, -0.05) is 12.1 Å². The summed E-state index contributed by atoms with van der Waals surface area (Å²) in [6.45, 7) is 3.32. The van der Waals surface area contributed by atoms with Crippen molar-refractivity contribution >= 4 is 15.7 Å². The maximum absolute atomic E-state index is 12.6. The molecule has 0 aliphatic carbocycles. The molecule has 1 heterocycles. The predicted molar refractivity (Wildman–Crippen MR) is 81.8 cm³/mol. The van der Waals surface area contributed by atoms with Gasteiger partial charge in [0.25, 0.3) is 0 Å². The van der Waals surface area contributed by atoms with Crippen molar-refractivity contribution in [3.05, 3.63) is 29.8 Å². The van der Waals surface area contributed by atoms with E-state index in [1.807, 2.05) is 7.05 Å². The van der Waals surface area contributed by atoms with E-state index in [-0.39, 0.29) is 5.25 Å². The standard InChI is InChI=1S/C15H22N2O3S/c1-11(15(16)18)12-3-5-13(6-4-12)21(19,20)14-7-9-17(2)10-8-14/h3-6,11,14H,7-10H2,1-2H3,(H2,16,18). The lowest BCUT2D eigenvalue weighted by atomic mass is 10.0. The van der Waals surface area contributed by atoms with E-state index in [1.54, 1.807) is 31.2 Å². The molecule has 1 atom stereocenters. The van der Waals surface area contributed by atoms with Gasteiger partial charge < -0.3 is 10.6 Å². The first-order valence-electron chi connectivity index (χ1n) is 7.14. The molecule has 0 bridgehead atoms. The van der Waals surface area contributed by atoms with Gasteiger partial charge in [-0.15, -0.1) is 0 Å². The fraction of sp³-hybridized carbons (Fsp3) is 0.533. The molecule has 0 radical (unpaired) electrons. The molecule has 5 nitrogen and oxygen atoms in total. The normalized spacial score (nSPS) is 19.3. The van der Waals surface area contributed by atoms with E-state index in [0.29, 0.717) is 17.7 Å². The van der Waals surface area contributed by atoms with E-state index in [2.05, 4.69) is 4.90 Å². The first-order chi connectivity index (χ1) is 9.82. The molecule has 1 aliphatic heterocycles. The quantitative estimate of drug-likeness (QED) is 0.904. The number of hydrogen-bond acceptors (Lipinski definition) is 4. The Morgan fingerprint density at radius 2 is 1.76 bits per heavy atom. The lowest BCUT2D eigenvalue weighted by Gasteiger charge is -2.28. The number of likely N-dealkylation sites (tertiary alicyclic amines) is 1. The molecule has 6 heteroatoms. The Morgan fingerprint density at radius 1 is 1.24 bits per heavy atom. The highest BCUT2D eigenvalue weighted by atomic mass is 32.2. The smallest absolute Gasteiger partial charge is 0.224 e. The molecule has 1 fully saturated rings. The van der Waals surface area contributed by atoms with Crippen LogP contribution in [-0.2, 0) is 14.6 Å². The molecule has 1 saturated heterocycles.